The standard InChI is InChI=1S/C16H18N4O/c21-16(15-3-6-17-7-4-15)20-10-8-19(9-11-20)13-14-2-1-5-18-12-14/h1-7,12H,8-11,13H2. The summed E-state index contributed by atoms with van der Waals surface area (Å²) < 4.78 is 0. The molecule has 1 aliphatic rings. The van der Waals surface area contributed by atoms with Crippen LogP contribution < -0.4 is 0 Å². The van der Waals surface area contributed by atoms with E-state index >= 15 is 0 Å². The van der Waals surface area contributed by atoms with Crippen molar-refractivity contribution >= 4 is 5.91 Å². The topological polar surface area (TPSA) is 49.3 Å². The highest BCUT2D eigenvalue weighted by atomic mass is 16.2. The van der Waals surface area contributed by atoms with E-state index in [9.17, 15) is 4.79 Å². The van der Waals surface area contributed by atoms with Gasteiger partial charge in [-0.1, -0.05) is 6.07 Å². The first kappa shape index (κ1) is 13.7. The maximum atomic E-state index is 12.3. The number of carbonyl (C=O) groups excluding carboxylic acids is 1. The second kappa shape index (κ2) is 6.45. The summed E-state index contributed by atoms with van der Waals surface area (Å²) in [5, 5.41) is 0. The molecule has 5 nitrogen and oxygen atoms in total. The molecule has 1 aliphatic heterocycles. The Labute approximate surface area is 124 Å². The summed E-state index contributed by atoms with van der Waals surface area (Å²) in [7, 11) is 0. The lowest BCUT2D eigenvalue weighted by atomic mass is 10.2. The molecule has 1 saturated heterocycles. The third-order valence-electron chi connectivity index (χ3n) is 3.72. The predicted octanol–water partition coefficient (Wildman–Crippen LogP) is 1.43. The Morgan fingerprint density at radius 2 is 1.76 bits per heavy atom. The van der Waals surface area contributed by atoms with Crippen LogP contribution >= 0.6 is 0 Å². The molecule has 0 unspecified atom stereocenters. The van der Waals surface area contributed by atoms with E-state index in [2.05, 4.69) is 20.9 Å². The Hall–Kier alpha value is -2.27. The first-order valence-electron chi connectivity index (χ1n) is 7.13. The van der Waals surface area contributed by atoms with Gasteiger partial charge in [0.25, 0.3) is 5.91 Å². The van der Waals surface area contributed by atoms with Crippen LogP contribution in [0.4, 0.5) is 0 Å². The quantitative estimate of drug-likeness (QED) is 0.854. The monoisotopic (exact) mass is 282 g/mol. The Kier molecular flexibility index (Phi) is 4.21. The molecule has 3 rings (SSSR count). The fourth-order valence-corrected chi connectivity index (χ4v) is 2.54. The fraction of sp³-hybridized carbons (Fsp3) is 0.312. The molecular formula is C16H18N4O. The summed E-state index contributed by atoms with van der Waals surface area (Å²) in [6.07, 6.45) is 7.00. The Morgan fingerprint density at radius 1 is 1.00 bits per heavy atom. The van der Waals surface area contributed by atoms with Gasteiger partial charge in [-0.05, 0) is 23.8 Å². The van der Waals surface area contributed by atoms with E-state index in [4.69, 9.17) is 0 Å². The van der Waals surface area contributed by atoms with E-state index in [-0.39, 0.29) is 5.91 Å². The largest absolute Gasteiger partial charge is 0.336 e. The highest BCUT2D eigenvalue weighted by molar-refractivity contribution is 5.94. The Morgan fingerprint density at radius 3 is 2.43 bits per heavy atom. The maximum absolute atomic E-state index is 12.3. The van der Waals surface area contributed by atoms with Crippen LogP contribution in [-0.4, -0.2) is 51.9 Å². The Bertz CT molecular complexity index is 580. The summed E-state index contributed by atoms with van der Waals surface area (Å²) in [5.74, 6) is 0.0958. The molecule has 0 atom stereocenters. The minimum absolute atomic E-state index is 0.0958. The average Bonchev–Trinajstić information content (AvgIpc) is 2.57. The van der Waals surface area contributed by atoms with Crippen molar-refractivity contribution in [2.24, 2.45) is 0 Å². The number of hydrogen-bond acceptors (Lipinski definition) is 4. The van der Waals surface area contributed by atoms with Crippen LogP contribution in [0, 0.1) is 0 Å². The molecule has 21 heavy (non-hydrogen) atoms. The van der Waals surface area contributed by atoms with Crippen molar-refractivity contribution in [3.63, 3.8) is 0 Å². The molecule has 0 spiro atoms. The minimum Gasteiger partial charge on any atom is -0.336 e. The smallest absolute Gasteiger partial charge is 0.254 e. The zero-order valence-electron chi connectivity index (χ0n) is 11.9. The number of hydrogen-bond donors (Lipinski definition) is 0. The number of carbonyl (C=O) groups is 1. The molecule has 108 valence electrons. The van der Waals surface area contributed by atoms with E-state index in [1.165, 1.54) is 5.56 Å². The highest BCUT2D eigenvalue weighted by Crippen LogP contribution is 2.10. The molecule has 5 heteroatoms. The maximum Gasteiger partial charge on any atom is 0.254 e. The first-order valence-corrected chi connectivity index (χ1v) is 7.13. The summed E-state index contributed by atoms with van der Waals surface area (Å²) in [6, 6.07) is 7.58. The zero-order chi connectivity index (χ0) is 14.5. The van der Waals surface area contributed by atoms with E-state index in [1.54, 1.807) is 30.7 Å². The van der Waals surface area contributed by atoms with Gasteiger partial charge in [-0.2, -0.15) is 0 Å². The van der Waals surface area contributed by atoms with Gasteiger partial charge in [-0.25, -0.2) is 0 Å². The van der Waals surface area contributed by atoms with Gasteiger partial charge in [0, 0.05) is 63.1 Å². The third-order valence-corrected chi connectivity index (χ3v) is 3.72. The van der Waals surface area contributed by atoms with Crippen LogP contribution in [-0.2, 0) is 6.54 Å². The van der Waals surface area contributed by atoms with E-state index < -0.39 is 0 Å². The number of rotatable bonds is 3. The average molecular weight is 282 g/mol. The normalized spacial score (nSPS) is 15.9. The van der Waals surface area contributed by atoms with Crippen molar-refractivity contribution in [1.82, 2.24) is 19.8 Å². The van der Waals surface area contributed by atoms with Gasteiger partial charge < -0.3 is 4.90 Å². The fourth-order valence-electron chi connectivity index (χ4n) is 2.54. The molecule has 0 bridgehead atoms. The second-order valence-electron chi connectivity index (χ2n) is 5.17. The number of aromatic nitrogens is 2. The van der Waals surface area contributed by atoms with E-state index in [0.717, 1.165) is 32.7 Å². The molecule has 0 aliphatic carbocycles. The summed E-state index contributed by atoms with van der Waals surface area (Å²) in [4.78, 5) is 24.7. The van der Waals surface area contributed by atoms with Crippen LogP contribution in [0.2, 0.25) is 0 Å². The van der Waals surface area contributed by atoms with E-state index in [0.29, 0.717) is 5.56 Å². The van der Waals surface area contributed by atoms with Gasteiger partial charge in [0.15, 0.2) is 0 Å². The summed E-state index contributed by atoms with van der Waals surface area (Å²) >= 11 is 0. The predicted molar refractivity (Wildman–Crippen MR) is 79.7 cm³/mol. The van der Waals surface area contributed by atoms with Crippen LogP contribution in [0.5, 0.6) is 0 Å². The molecule has 0 aromatic carbocycles. The van der Waals surface area contributed by atoms with Gasteiger partial charge in [0.05, 0.1) is 0 Å². The number of piperazine rings is 1. The minimum atomic E-state index is 0.0958. The van der Waals surface area contributed by atoms with Gasteiger partial charge in [-0.3, -0.25) is 19.7 Å². The molecule has 2 aromatic heterocycles. The van der Waals surface area contributed by atoms with Crippen LogP contribution in [0.3, 0.4) is 0 Å². The molecule has 0 N–H and O–H groups in total. The van der Waals surface area contributed by atoms with Crippen LogP contribution in [0.1, 0.15) is 15.9 Å². The second-order valence-corrected chi connectivity index (χ2v) is 5.17. The van der Waals surface area contributed by atoms with Crippen molar-refractivity contribution in [2.45, 2.75) is 6.54 Å². The first-order chi connectivity index (χ1) is 10.3. The van der Waals surface area contributed by atoms with Gasteiger partial charge in [-0.15, -0.1) is 0 Å². The summed E-state index contributed by atoms with van der Waals surface area (Å²) in [5.41, 5.74) is 1.93. The summed E-state index contributed by atoms with van der Waals surface area (Å²) in [6.45, 7) is 4.21. The lowest BCUT2D eigenvalue weighted by Crippen LogP contribution is -2.48. The lowest BCUT2D eigenvalue weighted by Gasteiger charge is -2.34. The highest BCUT2D eigenvalue weighted by Gasteiger charge is 2.21. The molecular weight excluding hydrogens is 264 g/mol. The van der Waals surface area contributed by atoms with Crippen LogP contribution in [0.15, 0.2) is 49.1 Å². The van der Waals surface area contributed by atoms with Crippen molar-refractivity contribution < 1.29 is 4.79 Å². The third kappa shape index (κ3) is 3.44. The van der Waals surface area contributed by atoms with Crippen molar-refractivity contribution in [3.05, 3.63) is 60.2 Å². The molecule has 0 saturated carbocycles. The molecule has 1 amide bonds. The van der Waals surface area contributed by atoms with E-state index in [1.807, 2.05) is 17.2 Å². The van der Waals surface area contributed by atoms with Gasteiger partial charge >= 0.3 is 0 Å². The van der Waals surface area contributed by atoms with Crippen molar-refractivity contribution in [3.8, 4) is 0 Å². The molecule has 2 aromatic rings. The van der Waals surface area contributed by atoms with Crippen molar-refractivity contribution in [2.75, 3.05) is 26.2 Å². The van der Waals surface area contributed by atoms with Gasteiger partial charge in [0.1, 0.15) is 0 Å². The molecule has 1 fully saturated rings. The number of amides is 1. The number of pyridine rings is 2. The molecule has 0 radical (unpaired) electrons. The SMILES string of the molecule is O=C(c1ccncc1)N1CCN(Cc2cccnc2)CC1. The zero-order valence-corrected chi connectivity index (χ0v) is 11.9. The van der Waals surface area contributed by atoms with Crippen molar-refractivity contribution in [1.29, 1.82) is 0 Å². The lowest BCUT2D eigenvalue weighted by molar-refractivity contribution is 0.0628. The number of nitrogens with zero attached hydrogens (tertiary/aromatic N) is 4. The van der Waals surface area contributed by atoms with Crippen LogP contribution in [0.25, 0.3) is 0 Å². The van der Waals surface area contributed by atoms with Gasteiger partial charge in [0.2, 0.25) is 0 Å². The Balaban J connectivity index is 1.54. The molecule has 3 heterocycles.